The molecule has 176 valence electrons. The van der Waals surface area contributed by atoms with Gasteiger partial charge in [-0.05, 0) is 55.3 Å². The van der Waals surface area contributed by atoms with Crippen molar-refractivity contribution in [3.8, 4) is 17.2 Å². The topological polar surface area (TPSA) is 77.1 Å². The molecule has 0 aliphatic carbocycles. The van der Waals surface area contributed by atoms with Crippen molar-refractivity contribution in [3.63, 3.8) is 0 Å². The van der Waals surface area contributed by atoms with Gasteiger partial charge in [0.1, 0.15) is 17.2 Å². The van der Waals surface area contributed by atoms with E-state index >= 15 is 0 Å². The normalized spacial score (nSPS) is 15.0. The fourth-order valence-electron chi connectivity index (χ4n) is 4.21. The van der Waals surface area contributed by atoms with Crippen molar-refractivity contribution in [1.82, 2.24) is 4.90 Å². The predicted octanol–water partition coefficient (Wildman–Crippen LogP) is 4.70. The van der Waals surface area contributed by atoms with E-state index in [1.54, 1.807) is 38.5 Å². The highest BCUT2D eigenvalue weighted by Gasteiger charge is 2.32. The maximum absolute atomic E-state index is 13.2. The Bertz CT molecular complexity index is 1150. The number of nitrogens with zero attached hydrogens (tertiary/aromatic N) is 1. The Kier molecular flexibility index (Phi) is 7.32. The third-order valence-corrected chi connectivity index (χ3v) is 5.88. The third kappa shape index (κ3) is 5.14. The van der Waals surface area contributed by atoms with E-state index in [2.05, 4.69) is 5.32 Å². The lowest BCUT2D eigenvalue weighted by molar-refractivity contribution is -0.134. The highest BCUT2D eigenvalue weighted by atomic mass is 16.5. The van der Waals surface area contributed by atoms with Gasteiger partial charge in [0.05, 0.1) is 25.8 Å². The SMILES string of the molecule is COc1ccc(OC)c([C@@H]2CCCN2C(=O)COc2ccccc2C(=O)Nc2ccccc2)c1. The molecular weight excluding hydrogens is 432 g/mol. The molecule has 1 heterocycles. The molecule has 7 heteroatoms. The predicted molar refractivity (Wildman–Crippen MR) is 130 cm³/mol. The van der Waals surface area contributed by atoms with Gasteiger partial charge in [-0.15, -0.1) is 0 Å². The third-order valence-electron chi connectivity index (χ3n) is 5.88. The van der Waals surface area contributed by atoms with Gasteiger partial charge in [-0.25, -0.2) is 0 Å². The zero-order chi connectivity index (χ0) is 23.9. The summed E-state index contributed by atoms with van der Waals surface area (Å²) in [6, 6.07) is 21.6. The van der Waals surface area contributed by atoms with E-state index in [9.17, 15) is 9.59 Å². The smallest absolute Gasteiger partial charge is 0.261 e. The molecule has 1 aliphatic heterocycles. The van der Waals surface area contributed by atoms with E-state index < -0.39 is 0 Å². The Labute approximate surface area is 199 Å². The first kappa shape index (κ1) is 23.2. The van der Waals surface area contributed by atoms with Crippen LogP contribution in [0.4, 0.5) is 5.69 Å². The van der Waals surface area contributed by atoms with Crippen LogP contribution in [0.15, 0.2) is 72.8 Å². The molecule has 2 amide bonds. The number of likely N-dealkylation sites (tertiary alicyclic amines) is 1. The van der Waals surface area contributed by atoms with Crippen LogP contribution < -0.4 is 19.5 Å². The second-order valence-electron chi connectivity index (χ2n) is 7.96. The number of methoxy groups -OCH3 is 2. The van der Waals surface area contributed by atoms with Gasteiger partial charge in [-0.3, -0.25) is 9.59 Å². The van der Waals surface area contributed by atoms with Crippen molar-refractivity contribution in [2.45, 2.75) is 18.9 Å². The molecule has 3 aromatic rings. The molecule has 0 spiro atoms. The number of amides is 2. The molecule has 1 fully saturated rings. The average molecular weight is 461 g/mol. The first-order valence-electron chi connectivity index (χ1n) is 11.2. The Morgan fingerprint density at radius 1 is 0.941 bits per heavy atom. The highest BCUT2D eigenvalue weighted by molar-refractivity contribution is 6.06. The second-order valence-corrected chi connectivity index (χ2v) is 7.96. The monoisotopic (exact) mass is 460 g/mol. The van der Waals surface area contributed by atoms with Crippen LogP contribution in [0, 0.1) is 0 Å². The van der Waals surface area contributed by atoms with Crippen LogP contribution in [-0.2, 0) is 4.79 Å². The van der Waals surface area contributed by atoms with Crippen LogP contribution in [0.3, 0.4) is 0 Å². The molecule has 0 saturated carbocycles. The highest BCUT2D eigenvalue weighted by Crippen LogP contribution is 2.39. The van der Waals surface area contributed by atoms with Crippen molar-refractivity contribution in [2.75, 3.05) is 32.7 Å². The minimum Gasteiger partial charge on any atom is -0.497 e. The van der Waals surface area contributed by atoms with Gasteiger partial charge in [-0.1, -0.05) is 30.3 Å². The van der Waals surface area contributed by atoms with Crippen LogP contribution >= 0.6 is 0 Å². The van der Waals surface area contributed by atoms with Gasteiger partial charge in [0.15, 0.2) is 6.61 Å². The fourth-order valence-corrected chi connectivity index (χ4v) is 4.21. The minimum absolute atomic E-state index is 0.127. The minimum atomic E-state index is -0.297. The van der Waals surface area contributed by atoms with Crippen molar-refractivity contribution in [2.24, 2.45) is 0 Å². The summed E-state index contributed by atoms with van der Waals surface area (Å²) in [7, 11) is 3.23. The fraction of sp³-hybridized carbons (Fsp3) is 0.259. The molecule has 7 nitrogen and oxygen atoms in total. The van der Waals surface area contributed by atoms with Crippen LogP contribution in [-0.4, -0.2) is 44.1 Å². The lowest BCUT2D eigenvalue weighted by Gasteiger charge is -2.27. The number of ether oxygens (including phenoxy) is 3. The van der Waals surface area contributed by atoms with Gasteiger partial charge in [-0.2, -0.15) is 0 Å². The molecular formula is C27H28N2O5. The molecule has 0 radical (unpaired) electrons. The van der Waals surface area contributed by atoms with Crippen LogP contribution in [0.25, 0.3) is 0 Å². The number of anilines is 1. The number of carbonyl (C=O) groups is 2. The largest absolute Gasteiger partial charge is 0.497 e. The first-order valence-corrected chi connectivity index (χ1v) is 11.2. The molecule has 1 atom stereocenters. The number of hydrogen-bond acceptors (Lipinski definition) is 5. The van der Waals surface area contributed by atoms with Crippen molar-refractivity contribution in [3.05, 3.63) is 83.9 Å². The molecule has 3 aromatic carbocycles. The number of rotatable bonds is 8. The van der Waals surface area contributed by atoms with Crippen molar-refractivity contribution < 1.29 is 23.8 Å². The Balaban J connectivity index is 1.46. The number of benzene rings is 3. The van der Waals surface area contributed by atoms with E-state index in [4.69, 9.17) is 14.2 Å². The van der Waals surface area contributed by atoms with Gasteiger partial charge < -0.3 is 24.4 Å². The molecule has 1 N–H and O–H groups in total. The van der Waals surface area contributed by atoms with E-state index in [1.807, 2.05) is 53.4 Å². The molecule has 34 heavy (non-hydrogen) atoms. The zero-order valence-corrected chi connectivity index (χ0v) is 19.3. The molecule has 1 saturated heterocycles. The summed E-state index contributed by atoms with van der Waals surface area (Å²) in [4.78, 5) is 27.8. The molecule has 0 bridgehead atoms. The standard InChI is InChI=1S/C27H28N2O5/c1-32-20-14-15-24(33-2)22(17-20)23-12-8-16-29(23)26(30)18-34-25-13-7-6-11-21(25)27(31)28-19-9-4-3-5-10-19/h3-7,9-11,13-15,17,23H,8,12,16,18H2,1-2H3,(H,28,31)/t23-/m0/s1. The Hall–Kier alpha value is -4.00. The molecule has 4 rings (SSSR count). The van der Waals surface area contributed by atoms with Gasteiger partial charge in [0, 0.05) is 17.8 Å². The average Bonchev–Trinajstić information content (AvgIpc) is 3.37. The lowest BCUT2D eigenvalue weighted by Crippen LogP contribution is -2.34. The summed E-state index contributed by atoms with van der Waals surface area (Å²) in [6.45, 7) is 0.460. The van der Waals surface area contributed by atoms with Gasteiger partial charge >= 0.3 is 0 Å². The summed E-state index contributed by atoms with van der Waals surface area (Å²) in [6.07, 6.45) is 1.71. The summed E-state index contributed by atoms with van der Waals surface area (Å²) in [5.74, 6) is 1.35. The van der Waals surface area contributed by atoms with Crippen LogP contribution in [0.2, 0.25) is 0 Å². The molecule has 1 aliphatic rings. The second kappa shape index (κ2) is 10.7. The number of hydrogen-bond donors (Lipinski definition) is 1. The number of nitrogens with one attached hydrogen (secondary N) is 1. The van der Waals surface area contributed by atoms with Crippen molar-refractivity contribution >= 4 is 17.5 Å². The first-order chi connectivity index (χ1) is 16.6. The summed E-state index contributed by atoms with van der Waals surface area (Å²) in [5.41, 5.74) is 1.97. The molecule has 0 unspecified atom stereocenters. The zero-order valence-electron chi connectivity index (χ0n) is 19.3. The summed E-state index contributed by atoms with van der Waals surface area (Å²) in [5, 5.41) is 2.85. The van der Waals surface area contributed by atoms with E-state index in [1.165, 1.54) is 0 Å². The van der Waals surface area contributed by atoms with Crippen molar-refractivity contribution in [1.29, 1.82) is 0 Å². The van der Waals surface area contributed by atoms with E-state index in [0.29, 0.717) is 35.0 Å². The van der Waals surface area contributed by atoms with Crippen LogP contribution in [0.1, 0.15) is 34.8 Å². The number of para-hydroxylation sites is 2. The summed E-state index contributed by atoms with van der Waals surface area (Å²) < 4.78 is 16.8. The Morgan fingerprint density at radius 2 is 1.71 bits per heavy atom. The van der Waals surface area contributed by atoms with E-state index in [0.717, 1.165) is 18.4 Å². The quantitative estimate of drug-likeness (QED) is 0.527. The van der Waals surface area contributed by atoms with E-state index in [-0.39, 0.29) is 24.5 Å². The van der Waals surface area contributed by atoms with Crippen LogP contribution in [0.5, 0.6) is 17.2 Å². The summed E-state index contributed by atoms with van der Waals surface area (Å²) >= 11 is 0. The molecule has 0 aromatic heterocycles. The maximum Gasteiger partial charge on any atom is 0.261 e. The maximum atomic E-state index is 13.2. The van der Waals surface area contributed by atoms with Gasteiger partial charge in [0.25, 0.3) is 11.8 Å². The Morgan fingerprint density at radius 3 is 2.47 bits per heavy atom. The lowest BCUT2D eigenvalue weighted by atomic mass is 10.0. The number of carbonyl (C=O) groups excluding carboxylic acids is 2. The van der Waals surface area contributed by atoms with Gasteiger partial charge in [0.2, 0.25) is 0 Å².